The smallest absolute Gasteiger partial charge is 0.257 e. The Labute approximate surface area is 277 Å². The van der Waals surface area contributed by atoms with E-state index in [9.17, 15) is 14.7 Å². The van der Waals surface area contributed by atoms with Crippen LogP contribution in [-0.2, 0) is 20.0 Å². The molecule has 4 aromatic carbocycles. The molecule has 11 heteroatoms. The van der Waals surface area contributed by atoms with E-state index in [0.29, 0.717) is 28.1 Å². The molecule has 0 aliphatic rings. The van der Waals surface area contributed by atoms with E-state index in [0.717, 1.165) is 36.0 Å². The van der Waals surface area contributed by atoms with E-state index in [-0.39, 0.29) is 22.6 Å². The Morgan fingerprint density at radius 3 is 2.38 bits per heavy atom. The molecule has 2 amide bonds. The molecule has 2 heterocycles. The van der Waals surface area contributed by atoms with Crippen molar-refractivity contribution in [2.24, 2.45) is 7.05 Å². The molecule has 0 spiro atoms. The fraction of sp³-hybridized carbons (Fsp3) is 0.189. The van der Waals surface area contributed by atoms with E-state index in [2.05, 4.69) is 50.9 Å². The number of phenolic OH excluding ortho intramolecular Hbond substituents is 1. The van der Waals surface area contributed by atoms with E-state index in [1.165, 1.54) is 38.1 Å². The van der Waals surface area contributed by atoms with Crippen LogP contribution in [0.5, 0.6) is 17.2 Å². The predicted molar refractivity (Wildman–Crippen MR) is 186 cm³/mol. The number of anilines is 2. The van der Waals surface area contributed by atoms with Crippen molar-refractivity contribution in [1.29, 1.82) is 0 Å². The van der Waals surface area contributed by atoms with Crippen LogP contribution in [0.3, 0.4) is 0 Å². The number of aromatic nitrogens is 3. The van der Waals surface area contributed by atoms with Crippen molar-refractivity contribution in [3.05, 3.63) is 114 Å². The quantitative estimate of drug-likeness (QED) is 0.156. The lowest BCUT2D eigenvalue weighted by Gasteiger charge is -2.17. The number of likely N-dealkylation sites (N-methyl/N-ethyl adjacent to an activating group) is 1. The highest BCUT2D eigenvalue weighted by Gasteiger charge is 2.20. The van der Waals surface area contributed by atoms with Gasteiger partial charge in [0.1, 0.15) is 11.3 Å². The first-order valence-corrected chi connectivity index (χ1v) is 15.4. The number of nitrogens with zero attached hydrogens (tertiary/aromatic N) is 4. The number of nitrogens with one attached hydrogen (secondary N) is 2. The first-order chi connectivity index (χ1) is 23.2. The Balaban J connectivity index is 1.12. The summed E-state index contributed by atoms with van der Waals surface area (Å²) in [5, 5.41) is 21.9. The highest BCUT2D eigenvalue weighted by atomic mass is 16.5. The Morgan fingerprint density at radius 1 is 0.854 bits per heavy atom. The van der Waals surface area contributed by atoms with E-state index in [1.54, 1.807) is 24.3 Å². The number of para-hydroxylation sites is 1. The third-order valence-corrected chi connectivity index (χ3v) is 8.23. The van der Waals surface area contributed by atoms with Crippen LogP contribution >= 0.6 is 0 Å². The molecule has 0 bridgehead atoms. The maximum absolute atomic E-state index is 13.6. The summed E-state index contributed by atoms with van der Waals surface area (Å²) in [5.74, 6) is -0.221. The first-order valence-electron chi connectivity index (χ1n) is 15.4. The van der Waals surface area contributed by atoms with Crippen LogP contribution in [0.15, 0.2) is 91.3 Å². The molecule has 0 radical (unpaired) electrons. The van der Waals surface area contributed by atoms with Crippen LogP contribution in [0, 0.1) is 0 Å². The van der Waals surface area contributed by atoms with E-state index in [1.807, 2.05) is 42.2 Å². The zero-order valence-corrected chi connectivity index (χ0v) is 27.2. The minimum Gasteiger partial charge on any atom is -0.506 e. The zero-order valence-electron chi connectivity index (χ0n) is 27.2. The van der Waals surface area contributed by atoms with E-state index < -0.39 is 11.8 Å². The maximum atomic E-state index is 13.6. The Morgan fingerprint density at radius 2 is 1.60 bits per heavy atom. The van der Waals surface area contributed by atoms with Crippen molar-refractivity contribution in [2.75, 3.05) is 38.4 Å². The minimum atomic E-state index is -0.485. The van der Waals surface area contributed by atoms with Crippen molar-refractivity contribution in [3.63, 3.8) is 0 Å². The number of ether oxygens (including phenoxy) is 2. The molecular formula is C37H36N6O5. The number of hydrogen-bond acceptors (Lipinski definition) is 8. The number of hydrogen-bond donors (Lipinski definition) is 3. The van der Waals surface area contributed by atoms with Gasteiger partial charge in [0.25, 0.3) is 11.8 Å². The van der Waals surface area contributed by atoms with Crippen LogP contribution in [0.1, 0.15) is 31.8 Å². The molecular weight excluding hydrogens is 608 g/mol. The summed E-state index contributed by atoms with van der Waals surface area (Å²) in [7, 11) is 6.99. The molecule has 0 saturated carbocycles. The highest BCUT2D eigenvalue weighted by molar-refractivity contribution is 6.13. The fourth-order valence-corrected chi connectivity index (χ4v) is 5.61. The Hall–Kier alpha value is -5.94. The van der Waals surface area contributed by atoms with Gasteiger partial charge in [-0.05, 0) is 67.1 Å². The van der Waals surface area contributed by atoms with Gasteiger partial charge in [0, 0.05) is 48.9 Å². The second-order valence-corrected chi connectivity index (χ2v) is 11.6. The Bertz CT molecular complexity index is 2130. The number of rotatable bonds is 11. The number of phenols is 1. The zero-order chi connectivity index (χ0) is 33.8. The van der Waals surface area contributed by atoms with Gasteiger partial charge < -0.3 is 30.1 Å². The molecule has 0 saturated heterocycles. The summed E-state index contributed by atoms with van der Waals surface area (Å²) < 4.78 is 12.8. The number of aryl methyl sites for hydroxylation is 1. The number of fused-ring (bicyclic) bond motifs is 2. The predicted octanol–water partition coefficient (Wildman–Crippen LogP) is 6.02. The summed E-state index contributed by atoms with van der Waals surface area (Å²) in [6.07, 6.45) is 4.10. The van der Waals surface area contributed by atoms with E-state index >= 15 is 0 Å². The molecule has 244 valence electrons. The van der Waals surface area contributed by atoms with Crippen LogP contribution in [-0.4, -0.2) is 64.4 Å². The first kappa shape index (κ1) is 32.0. The molecule has 0 atom stereocenters. The van der Waals surface area contributed by atoms with Crippen molar-refractivity contribution in [2.45, 2.75) is 13.0 Å². The third-order valence-electron chi connectivity index (χ3n) is 8.23. The van der Waals surface area contributed by atoms with Crippen LogP contribution in [0.25, 0.3) is 21.8 Å². The Kier molecular flexibility index (Phi) is 9.22. The fourth-order valence-electron chi connectivity index (χ4n) is 5.61. The summed E-state index contributed by atoms with van der Waals surface area (Å²) in [4.78, 5) is 33.4. The number of carbonyl (C=O) groups is 2. The molecule has 6 aromatic rings. The number of carbonyl (C=O) groups excluding carboxylic acids is 2. The lowest BCUT2D eigenvalue weighted by molar-refractivity contribution is 0.102. The second-order valence-electron chi connectivity index (χ2n) is 11.6. The number of benzene rings is 4. The molecule has 0 unspecified atom stereocenters. The van der Waals surface area contributed by atoms with Crippen LogP contribution < -0.4 is 20.1 Å². The van der Waals surface area contributed by atoms with Crippen LogP contribution in [0.4, 0.5) is 11.4 Å². The van der Waals surface area contributed by atoms with E-state index in [4.69, 9.17) is 9.47 Å². The van der Waals surface area contributed by atoms with Gasteiger partial charge in [-0.15, -0.1) is 0 Å². The van der Waals surface area contributed by atoms with Gasteiger partial charge in [0.05, 0.1) is 42.7 Å². The van der Waals surface area contributed by atoms with Gasteiger partial charge in [-0.1, -0.05) is 30.3 Å². The number of pyridine rings is 1. The molecule has 48 heavy (non-hydrogen) atoms. The number of aromatic hydroxyl groups is 1. The third kappa shape index (κ3) is 6.91. The number of methoxy groups -OCH3 is 2. The molecule has 11 nitrogen and oxygen atoms in total. The van der Waals surface area contributed by atoms with Crippen molar-refractivity contribution in [1.82, 2.24) is 19.7 Å². The largest absolute Gasteiger partial charge is 0.506 e. The average Bonchev–Trinajstić information content (AvgIpc) is 3.46. The summed E-state index contributed by atoms with van der Waals surface area (Å²) in [6, 6.07) is 23.8. The minimum absolute atomic E-state index is 0.0220. The van der Waals surface area contributed by atoms with Gasteiger partial charge in [0.15, 0.2) is 11.5 Å². The number of amides is 2. The highest BCUT2D eigenvalue weighted by Crippen LogP contribution is 2.34. The van der Waals surface area contributed by atoms with Gasteiger partial charge in [-0.25, -0.2) is 0 Å². The summed E-state index contributed by atoms with van der Waals surface area (Å²) >= 11 is 0. The van der Waals surface area contributed by atoms with Crippen molar-refractivity contribution < 1.29 is 24.2 Å². The van der Waals surface area contributed by atoms with Gasteiger partial charge in [0.2, 0.25) is 0 Å². The molecule has 0 aliphatic carbocycles. The van der Waals surface area contributed by atoms with Crippen LogP contribution in [0.2, 0.25) is 0 Å². The van der Waals surface area contributed by atoms with Crippen molar-refractivity contribution in [3.8, 4) is 17.2 Å². The SMILES string of the molecule is COc1cc(NC(=O)c2cnc3c(O)cccc3c2)c(C(=O)Nc2ccc(CCN(C)Cc3ccc4c(cnn4C)c3)cc2)cc1OC. The molecule has 0 fully saturated rings. The molecule has 3 N–H and O–H groups in total. The lowest BCUT2D eigenvalue weighted by Crippen LogP contribution is -2.20. The van der Waals surface area contributed by atoms with Gasteiger partial charge in [-0.3, -0.25) is 19.3 Å². The average molecular weight is 645 g/mol. The van der Waals surface area contributed by atoms with Gasteiger partial charge >= 0.3 is 0 Å². The molecule has 2 aromatic heterocycles. The monoisotopic (exact) mass is 644 g/mol. The summed E-state index contributed by atoms with van der Waals surface area (Å²) in [6.45, 7) is 1.68. The normalized spacial score (nSPS) is 11.2. The lowest BCUT2D eigenvalue weighted by atomic mass is 10.1. The standard InChI is InChI=1S/C37H36N6O5/c1-42(22-24-10-13-31-26(16-24)21-39-43(31)2)15-14-23-8-11-28(12-9-23)40-37(46)29-18-33(47-3)34(48-4)19-30(29)41-36(45)27-17-25-6-5-7-32(44)35(25)38-20-27/h5-13,16-21,44H,14-15,22H2,1-4H3,(H,40,46)(H,41,45). The van der Waals surface area contributed by atoms with Gasteiger partial charge in [-0.2, -0.15) is 5.10 Å². The second kappa shape index (κ2) is 13.8. The molecule has 0 aliphatic heterocycles. The molecule has 6 rings (SSSR count). The maximum Gasteiger partial charge on any atom is 0.257 e. The summed E-state index contributed by atoms with van der Waals surface area (Å²) in [5.41, 5.74) is 5.14. The van der Waals surface area contributed by atoms with Crippen molar-refractivity contribution >= 4 is 45.0 Å². The topological polar surface area (TPSA) is 131 Å².